The molecule has 0 saturated carbocycles. The molecule has 1 rings (SSSR count). The van der Waals surface area contributed by atoms with Crippen LogP contribution in [-0.2, 0) is 16.0 Å². The quantitative estimate of drug-likeness (QED) is 0.455. The Kier molecular flexibility index (Phi) is 6.36. The van der Waals surface area contributed by atoms with Gasteiger partial charge in [-0.2, -0.15) is 0 Å². The predicted octanol–water partition coefficient (Wildman–Crippen LogP) is 3.37. The summed E-state index contributed by atoms with van der Waals surface area (Å²) >= 11 is 8.88. The van der Waals surface area contributed by atoms with E-state index in [1.807, 2.05) is 0 Å². The van der Waals surface area contributed by atoms with Gasteiger partial charge in [-0.15, -0.1) is 11.6 Å². The molecule has 0 heterocycles. The summed E-state index contributed by atoms with van der Waals surface area (Å²) in [5.74, 6) is -0.130. The summed E-state index contributed by atoms with van der Waals surface area (Å²) in [6.07, 6.45) is 0.359. The molecule has 18 heavy (non-hydrogen) atoms. The lowest BCUT2D eigenvalue weighted by Crippen LogP contribution is -2.12. The van der Waals surface area contributed by atoms with Crippen LogP contribution in [0.5, 0.6) is 0 Å². The summed E-state index contributed by atoms with van der Waals surface area (Å²) in [7, 11) is 0. The summed E-state index contributed by atoms with van der Waals surface area (Å²) in [6.45, 7) is 2.08. The van der Waals surface area contributed by atoms with Crippen LogP contribution in [0.3, 0.4) is 0 Å². The highest BCUT2D eigenvalue weighted by molar-refractivity contribution is 9.10. The van der Waals surface area contributed by atoms with Crippen LogP contribution in [0.2, 0.25) is 0 Å². The van der Waals surface area contributed by atoms with Crippen molar-refractivity contribution in [1.29, 1.82) is 0 Å². The van der Waals surface area contributed by atoms with Crippen LogP contribution < -0.4 is 0 Å². The van der Waals surface area contributed by atoms with Crippen LogP contribution >= 0.6 is 27.5 Å². The monoisotopic (exact) mass is 332 g/mol. The van der Waals surface area contributed by atoms with Crippen LogP contribution in [-0.4, -0.2) is 24.2 Å². The first-order valence-electron chi connectivity index (χ1n) is 5.61. The minimum absolute atomic E-state index is 0.0643. The highest BCUT2D eigenvalue weighted by atomic mass is 79.9. The Balaban J connectivity index is 2.96. The van der Waals surface area contributed by atoms with E-state index in [0.29, 0.717) is 17.7 Å². The summed E-state index contributed by atoms with van der Waals surface area (Å²) in [6, 6.07) is 5.26. The zero-order chi connectivity index (χ0) is 13.5. The smallest absolute Gasteiger partial charge is 0.310 e. The molecule has 0 aliphatic rings. The van der Waals surface area contributed by atoms with Gasteiger partial charge in [0.15, 0.2) is 5.78 Å². The molecule has 0 aromatic heterocycles. The van der Waals surface area contributed by atoms with Crippen LogP contribution in [0.1, 0.15) is 29.3 Å². The molecule has 0 amide bonds. The number of rotatable bonds is 6. The molecule has 0 atom stereocenters. The summed E-state index contributed by atoms with van der Waals surface area (Å²) in [5.41, 5.74) is 1.20. The number of carbonyl (C=O) groups is 2. The maximum atomic E-state index is 11.9. The first-order valence-corrected chi connectivity index (χ1v) is 6.94. The molecule has 0 bridgehead atoms. The van der Waals surface area contributed by atoms with Gasteiger partial charge in [-0.3, -0.25) is 9.59 Å². The van der Waals surface area contributed by atoms with Gasteiger partial charge in [0.1, 0.15) is 0 Å². The summed E-state index contributed by atoms with van der Waals surface area (Å²) in [4.78, 5) is 23.4. The summed E-state index contributed by atoms with van der Waals surface area (Å²) in [5, 5.41) is 0. The molecule has 1 aromatic carbocycles. The molecule has 0 fully saturated rings. The number of esters is 1. The Bertz CT molecular complexity index is 446. The van der Waals surface area contributed by atoms with Crippen molar-refractivity contribution in [1.82, 2.24) is 0 Å². The molecule has 0 aliphatic heterocycles. The van der Waals surface area contributed by atoms with E-state index in [9.17, 15) is 9.59 Å². The Morgan fingerprint density at radius 2 is 2.11 bits per heavy atom. The highest BCUT2D eigenvalue weighted by Crippen LogP contribution is 2.19. The number of benzene rings is 1. The number of halogens is 2. The minimum Gasteiger partial charge on any atom is -0.466 e. The molecule has 5 heteroatoms. The lowest BCUT2D eigenvalue weighted by atomic mass is 10.00. The van der Waals surface area contributed by atoms with E-state index in [-0.39, 0.29) is 30.5 Å². The molecule has 0 N–H and O–H groups in total. The van der Waals surface area contributed by atoms with Gasteiger partial charge in [-0.05, 0) is 24.6 Å². The van der Waals surface area contributed by atoms with E-state index >= 15 is 0 Å². The second-order valence-electron chi connectivity index (χ2n) is 3.65. The minimum atomic E-state index is -0.334. The van der Waals surface area contributed by atoms with Crippen molar-refractivity contribution in [3.63, 3.8) is 0 Å². The van der Waals surface area contributed by atoms with Gasteiger partial charge in [-0.1, -0.05) is 22.0 Å². The molecule has 0 spiro atoms. The number of Topliss-reactive ketones (excluding diaryl/α,β-unsaturated/α-hetero) is 1. The predicted molar refractivity (Wildman–Crippen MR) is 74.1 cm³/mol. The fraction of sp³-hybridized carbons (Fsp3) is 0.385. The Hall–Kier alpha value is -0.870. The fourth-order valence-electron chi connectivity index (χ4n) is 1.55. The van der Waals surface area contributed by atoms with Crippen molar-refractivity contribution in [2.45, 2.75) is 19.8 Å². The zero-order valence-electron chi connectivity index (χ0n) is 10.0. The third kappa shape index (κ3) is 4.42. The number of hydrogen-bond acceptors (Lipinski definition) is 3. The molecular formula is C13H14BrClO3. The highest BCUT2D eigenvalue weighted by Gasteiger charge is 2.14. The van der Waals surface area contributed by atoms with Gasteiger partial charge in [0.25, 0.3) is 0 Å². The third-order valence-corrected chi connectivity index (χ3v) is 3.02. The van der Waals surface area contributed by atoms with Gasteiger partial charge in [0, 0.05) is 22.3 Å². The van der Waals surface area contributed by atoms with Crippen molar-refractivity contribution < 1.29 is 14.3 Å². The maximum Gasteiger partial charge on any atom is 0.310 e. The fourth-order valence-corrected chi connectivity index (χ4v) is 2.08. The Morgan fingerprint density at radius 1 is 1.39 bits per heavy atom. The Morgan fingerprint density at radius 3 is 2.72 bits per heavy atom. The van der Waals surface area contributed by atoms with Gasteiger partial charge in [-0.25, -0.2) is 0 Å². The molecular weight excluding hydrogens is 319 g/mol. The van der Waals surface area contributed by atoms with Crippen molar-refractivity contribution in [3.05, 3.63) is 33.8 Å². The van der Waals surface area contributed by atoms with E-state index in [1.54, 1.807) is 25.1 Å². The van der Waals surface area contributed by atoms with Crippen molar-refractivity contribution >= 4 is 39.3 Å². The second kappa shape index (κ2) is 7.54. The Labute approximate surface area is 120 Å². The van der Waals surface area contributed by atoms with Gasteiger partial charge >= 0.3 is 5.97 Å². The van der Waals surface area contributed by atoms with Crippen molar-refractivity contribution in [2.24, 2.45) is 0 Å². The van der Waals surface area contributed by atoms with E-state index in [0.717, 1.165) is 4.47 Å². The number of ketones is 1. The first-order chi connectivity index (χ1) is 8.58. The molecule has 0 saturated heterocycles. The molecule has 98 valence electrons. The second-order valence-corrected chi connectivity index (χ2v) is 4.94. The van der Waals surface area contributed by atoms with Crippen molar-refractivity contribution in [2.75, 3.05) is 12.5 Å². The number of hydrogen-bond donors (Lipinski definition) is 0. The van der Waals surface area contributed by atoms with Gasteiger partial charge in [0.05, 0.1) is 13.0 Å². The topological polar surface area (TPSA) is 43.4 Å². The van der Waals surface area contributed by atoms with Gasteiger partial charge < -0.3 is 4.74 Å². The summed E-state index contributed by atoms with van der Waals surface area (Å²) < 4.78 is 5.68. The number of carbonyl (C=O) groups excluding carboxylic acids is 2. The largest absolute Gasteiger partial charge is 0.466 e. The zero-order valence-corrected chi connectivity index (χ0v) is 12.4. The molecule has 0 radical (unpaired) electrons. The molecule has 1 aromatic rings. The SMILES string of the molecule is CCOC(=O)Cc1ccc(Br)cc1C(=O)CCCl. The van der Waals surface area contributed by atoms with Crippen LogP contribution in [0, 0.1) is 0 Å². The first kappa shape index (κ1) is 15.2. The third-order valence-electron chi connectivity index (χ3n) is 2.33. The van der Waals surface area contributed by atoms with E-state index in [4.69, 9.17) is 16.3 Å². The average Bonchev–Trinajstić information content (AvgIpc) is 2.32. The maximum absolute atomic E-state index is 11.9. The van der Waals surface area contributed by atoms with Crippen LogP contribution in [0.15, 0.2) is 22.7 Å². The molecule has 0 aliphatic carbocycles. The van der Waals surface area contributed by atoms with Crippen molar-refractivity contribution in [3.8, 4) is 0 Å². The lowest BCUT2D eigenvalue weighted by molar-refractivity contribution is -0.142. The normalized spacial score (nSPS) is 10.2. The lowest BCUT2D eigenvalue weighted by Gasteiger charge is -2.08. The van der Waals surface area contributed by atoms with Crippen LogP contribution in [0.25, 0.3) is 0 Å². The standard InChI is InChI=1S/C13H14BrClO3/c1-2-18-13(17)7-9-3-4-10(14)8-11(9)12(16)5-6-15/h3-4,8H,2,5-7H2,1H3. The average molecular weight is 334 g/mol. The molecule has 0 unspecified atom stereocenters. The van der Waals surface area contributed by atoms with E-state index in [2.05, 4.69) is 15.9 Å². The van der Waals surface area contributed by atoms with Crippen LogP contribution in [0.4, 0.5) is 0 Å². The van der Waals surface area contributed by atoms with Gasteiger partial charge in [0.2, 0.25) is 0 Å². The van der Waals surface area contributed by atoms with E-state index < -0.39 is 0 Å². The number of ether oxygens (including phenoxy) is 1. The molecule has 3 nitrogen and oxygen atoms in total. The van der Waals surface area contributed by atoms with E-state index in [1.165, 1.54) is 0 Å². The number of alkyl halides is 1.